The van der Waals surface area contributed by atoms with Gasteiger partial charge in [-0.2, -0.15) is 0 Å². The van der Waals surface area contributed by atoms with E-state index >= 15 is 0 Å². The van der Waals surface area contributed by atoms with Crippen LogP contribution in [0.3, 0.4) is 0 Å². The van der Waals surface area contributed by atoms with Gasteiger partial charge in [0, 0.05) is 21.6 Å². The zero-order valence-electron chi connectivity index (χ0n) is 13.9. The van der Waals surface area contributed by atoms with Gasteiger partial charge in [0.15, 0.2) is 0 Å². The van der Waals surface area contributed by atoms with Gasteiger partial charge in [0.05, 0.1) is 5.69 Å². The van der Waals surface area contributed by atoms with Crippen LogP contribution < -0.4 is 5.73 Å². The van der Waals surface area contributed by atoms with Gasteiger partial charge in [0.2, 0.25) is 5.89 Å². The Kier molecular flexibility index (Phi) is 3.82. The summed E-state index contributed by atoms with van der Waals surface area (Å²) in [5, 5.41) is 8.61. The Hall–Kier alpha value is -2.99. The van der Waals surface area contributed by atoms with E-state index in [0.717, 1.165) is 27.4 Å². The summed E-state index contributed by atoms with van der Waals surface area (Å²) < 4.78 is 5.31. The third-order valence-corrected chi connectivity index (χ3v) is 4.94. The second-order valence-electron chi connectivity index (χ2n) is 5.82. The van der Waals surface area contributed by atoms with Crippen LogP contribution in [0.1, 0.15) is 10.4 Å². The van der Waals surface area contributed by atoms with E-state index in [9.17, 15) is 0 Å². The average Bonchev–Trinajstić information content (AvgIpc) is 3.22. The van der Waals surface area contributed by atoms with Crippen molar-refractivity contribution >= 4 is 17.4 Å². The maximum absolute atomic E-state index is 5.51. The van der Waals surface area contributed by atoms with Crippen LogP contribution in [0.15, 0.2) is 52.9 Å². The van der Waals surface area contributed by atoms with E-state index < -0.39 is 0 Å². The van der Waals surface area contributed by atoms with E-state index in [1.807, 2.05) is 24.3 Å². The van der Waals surface area contributed by atoms with Crippen LogP contribution in [0.4, 0.5) is 6.01 Å². The van der Waals surface area contributed by atoms with Gasteiger partial charge >= 0.3 is 6.01 Å². The summed E-state index contributed by atoms with van der Waals surface area (Å²) in [7, 11) is 0. The lowest BCUT2D eigenvalue weighted by atomic mass is 10.1. The highest BCUT2D eigenvalue weighted by Gasteiger charge is 2.13. The summed E-state index contributed by atoms with van der Waals surface area (Å²) >= 11 is 1.67. The first-order valence-corrected chi connectivity index (χ1v) is 8.66. The molecule has 5 nitrogen and oxygen atoms in total. The van der Waals surface area contributed by atoms with Crippen molar-refractivity contribution in [3.63, 3.8) is 0 Å². The van der Waals surface area contributed by atoms with Crippen LogP contribution in [0, 0.1) is 13.8 Å². The zero-order chi connectivity index (χ0) is 17.4. The highest BCUT2D eigenvalue weighted by molar-refractivity contribution is 7.15. The molecule has 0 unspecified atom stereocenters. The minimum absolute atomic E-state index is 0.0622. The number of rotatable bonds is 3. The van der Waals surface area contributed by atoms with Crippen molar-refractivity contribution in [1.82, 2.24) is 15.2 Å². The summed E-state index contributed by atoms with van der Waals surface area (Å²) in [6.45, 7) is 4.18. The molecule has 4 aromatic rings. The number of nitrogens with two attached hydrogens (primary N) is 1. The Labute approximate surface area is 149 Å². The van der Waals surface area contributed by atoms with Gasteiger partial charge < -0.3 is 10.2 Å². The molecule has 2 aromatic heterocycles. The van der Waals surface area contributed by atoms with Gasteiger partial charge in [-0.25, -0.2) is 4.98 Å². The molecule has 0 aliphatic heterocycles. The quantitative estimate of drug-likeness (QED) is 0.579. The number of nitrogens with zero attached hydrogens (tertiary/aromatic N) is 3. The van der Waals surface area contributed by atoms with Gasteiger partial charge in [-0.1, -0.05) is 47.1 Å². The molecular weight excluding hydrogens is 332 g/mol. The Balaban J connectivity index is 1.73. The molecule has 0 aliphatic carbocycles. The smallest absolute Gasteiger partial charge is 0.313 e. The minimum Gasteiger partial charge on any atom is -0.404 e. The van der Waals surface area contributed by atoms with Gasteiger partial charge in [0.1, 0.15) is 5.01 Å². The Bertz CT molecular complexity index is 1030. The maximum Gasteiger partial charge on any atom is 0.313 e. The van der Waals surface area contributed by atoms with Crippen molar-refractivity contribution < 1.29 is 4.42 Å². The SMILES string of the molecule is Cc1ccc(-c2nc(-c3cccc(-c4nnc(N)o4)c3)sc2C)cc1. The molecule has 0 atom stereocenters. The van der Waals surface area contributed by atoms with Crippen molar-refractivity contribution in [3.05, 3.63) is 59.0 Å². The third-order valence-electron chi connectivity index (χ3n) is 3.92. The molecule has 4 rings (SSSR count). The van der Waals surface area contributed by atoms with Crippen LogP contribution >= 0.6 is 11.3 Å². The molecule has 0 saturated heterocycles. The molecule has 0 spiro atoms. The zero-order valence-corrected chi connectivity index (χ0v) is 14.7. The second kappa shape index (κ2) is 6.14. The number of nitrogen functional groups attached to an aromatic ring is 1. The fourth-order valence-electron chi connectivity index (χ4n) is 2.64. The number of anilines is 1. The molecule has 0 saturated carbocycles. The Morgan fingerprint density at radius 1 is 0.920 bits per heavy atom. The molecule has 124 valence electrons. The van der Waals surface area contributed by atoms with Crippen LogP contribution in [0.2, 0.25) is 0 Å². The third kappa shape index (κ3) is 3.04. The van der Waals surface area contributed by atoms with Gasteiger partial charge in [0.25, 0.3) is 0 Å². The fraction of sp³-hybridized carbons (Fsp3) is 0.105. The summed E-state index contributed by atoms with van der Waals surface area (Å²) in [5.74, 6) is 0.409. The van der Waals surface area contributed by atoms with Crippen molar-refractivity contribution in [2.24, 2.45) is 0 Å². The molecule has 0 amide bonds. The Morgan fingerprint density at radius 3 is 2.40 bits per heavy atom. The van der Waals surface area contributed by atoms with Crippen molar-refractivity contribution in [2.45, 2.75) is 13.8 Å². The lowest BCUT2D eigenvalue weighted by Crippen LogP contribution is -1.83. The maximum atomic E-state index is 5.51. The standard InChI is InChI=1S/C19H16N4OS/c1-11-6-8-13(9-7-11)16-12(2)25-18(21-16)15-5-3-4-14(10-15)17-22-23-19(20)24-17/h3-10H,1-2H3,(H2,20,23). The Morgan fingerprint density at radius 2 is 1.68 bits per heavy atom. The first-order valence-electron chi connectivity index (χ1n) is 7.84. The molecular formula is C19H16N4OS. The predicted octanol–water partition coefficient (Wildman–Crippen LogP) is 4.73. The largest absolute Gasteiger partial charge is 0.404 e. The molecule has 0 fully saturated rings. The molecule has 0 aliphatic rings. The lowest BCUT2D eigenvalue weighted by Gasteiger charge is -2.00. The van der Waals surface area contributed by atoms with E-state index in [-0.39, 0.29) is 6.01 Å². The number of thiazole rings is 1. The molecule has 25 heavy (non-hydrogen) atoms. The first-order chi connectivity index (χ1) is 12.1. The van der Waals surface area contributed by atoms with E-state index in [1.165, 1.54) is 10.4 Å². The minimum atomic E-state index is 0.0622. The van der Waals surface area contributed by atoms with E-state index in [1.54, 1.807) is 11.3 Å². The van der Waals surface area contributed by atoms with E-state index in [2.05, 4.69) is 48.3 Å². The number of hydrogen-bond donors (Lipinski definition) is 1. The molecule has 6 heteroatoms. The monoisotopic (exact) mass is 348 g/mol. The number of benzene rings is 2. The van der Waals surface area contributed by atoms with Crippen molar-refractivity contribution in [1.29, 1.82) is 0 Å². The summed E-state index contributed by atoms with van der Waals surface area (Å²) in [6.07, 6.45) is 0. The summed E-state index contributed by atoms with van der Waals surface area (Å²) in [5.41, 5.74) is 10.7. The summed E-state index contributed by atoms with van der Waals surface area (Å²) in [4.78, 5) is 6.03. The molecule has 2 heterocycles. The van der Waals surface area contributed by atoms with Gasteiger partial charge in [-0.15, -0.1) is 16.4 Å². The topological polar surface area (TPSA) is 77.8 Å². The fourth-order valence-corrected chi connectivity index (χ4v) is 3.57. The number of aryl methyl sites for hydroxylation is 2. The predicted molar refractivity (Wildman–Crippen MR) is 100 cm³/mol. The van der Waals surface area contributed by atoms with Crippen LogP contribution in [0.5, 0.6) is 0 Å². The van der Waals surface area contributed by atoms with Crippen LogP contribution in [0.25, 0.3) is 33.3 Å². The average molecular weight is 348 g/mol. The van der Waals surface area contributed by atoms with E-state index in [0.29, 0.717) is 5.89 Å². The molecule has 2 aromatic carbocycles. The number of aromatic nitrogens is 3. The molecule has 2 N–H and O–H groups in total. The van der Waals surface area contributed by atoms with Crippen molar-refractivity contribution in [3.8, 4) is 33.3 Å². The highest BCUT2D eigenvalue weighted by Crippen LogP contribution is 2.34. The summed E-state index contributed by atoms with van der Waals surface area (Å²) in [6, 6.07) is 16.4. The first kappa shape index (κ1) is 15.5. The second-order valence-corrected chi connectivity index (χ2v) is 7.02. The van der Waals surface area contributed by atoms with E-state index in [4.69, 9.17) is 15.1 Å². The van der Waals surface area contributed by atoms with Gasteiger partial charge in [-0.3, -0.25) is 0 Å². The van der Waals surface area contributed by atoms with Crippen LogP contribution in [-0.2, 0) is 0 Å². The van der Waals surface area contributed by atoms with Crippen molar-refractivity contribution in [2.75, 3.05) is 5.73 Å². The van der Waals surface area contributed by atoms with Gasteiger partial charge in [-0.05, 0) is 26.0 Å². The number of hydrogen-bond acceptors (Lipinski definition) is 6. The highest BCUT2D eigenvalue weighted by atomic mass is 32.1. The molecule has 0 bridgehead atoms. The molecule has 0 radical (unpaired) electrons. The normalized spacial score (nSPS) is 11.0. The van der Waals surface area contributed by atoms with Crippen LogP contribution in [-0.4, -0.2) is 15.2 Å². The lowest BCUT2D eigenvalue weighted by molar-refractivity contribution is 0.590.